The monoisotopic (exact) mass is 350 g/mol. The van der Waals surface area contributed by atoms with Gasteiger partial charge in [0.1, 0.15) is 0 Å². The van der Waals surface area contributed by atoms with Gasteiger partial charge in [0.05, 0.1) is 17.3 Å². The summed E-state index contributed by atoms with van der Waals surface area (Å²) in [6.45, 7) is 2.05. The summed E-state index contributed by atoms with van der Waals surface area (Å²) < 4.78 is 0. The van der Waals surface area contributed by atoms with Gasteiger partial charge in [0.25, 0.3) is 0 Å². The highest BCUT2D eigenvalue weighted by Gasteiger charge is 1.98. The highest BCUT2D eigenvalue weighted by molar-refractivity contribution is 5.82. The van der Waals surface area contributed by atoms with Crippen molar-refractivity contribution in [2.45, 2.75) is 19.8 Å². The van der Waals surface area contributed by atoms with Crippen molar-refractivity contribution < 1.29 is 0 Å². The number of benzene rings is 3. The van der Waals surface area contributed by atoms with E-state index in [9.17, 15) is 0 Å². The van der Waals surface area contributed by atoms with Crippen LogP contribution in [0.15, 0.2) is 89.9 Å². The Labute approximate surface area is 161 Å². The zero-order valence-corrected chi connectivity index (χ0v) is 15.5. The first-order valence-electron chi connectivity index (χ1n) is 9.13. The van der Waals surface area contributed by atoms with Gasteiger partial charge in [-0.15, -0.1) is 0 Å². The Kier molecular flexibility index (Phi) is 6.33. The molecule has 0 unspecified atom stereocenters. The van der Waals surface area contributed by atoms with E-state index in [0.717, 1.165) is 35.2 Å². The minimum Gasteiger partial charge on any atom is -0.256 e. The van der Waals surface area contributed by atoms with E-state index in [1.807, 2.05) is 42.6 Å². The van der Waals surface area contributed by atoms with E-state index in [4.69, 9.17) is 5.26 Å². The maximum Gasteiger partial charge on any atom is 0.0991 e. The van der Waals surface area contributed by atoms with Crippen LogP contribution < -0.4 is 0 Å². The minimum atomic E-state index is 0.674. The summed E-state index contributed by atoms with van der Waals surface area (Å²) in [6, 6.07) is 26.4. The second kappa shape index (κ2) is 9.31. The molecule has 3 rings (SSSR count). The van der Waals surface area contributed by atoms with E-state index < -0.39 is 0 Å². The Morgan fingerprint density at radius 3 is 2.07 bits per heavy atom. The van der Waals surface area contributed by atoms with Crippen LogP contribution in [0.5, 0.6) is 0 Å². The van der Waals surface area contributed by atoms with E-state index in [2.05, 4.69) is 66.5 Å². The molecule has 0 radical (unpaired) electrons. The van der Waals surface area contributed by atoms with Crippen molar-refractivity contribution in [3.63, 3.8) is 0 Å². The van der Waals surface area contributed by atoms with Crippen molar-refractivity contribution >= 4 is 11.9 Å². The standard InChI is InChI=1S/C25H22N2/c1-2-3-4-5-20-6-8-22(9-7-20)19-27-25-16-14-24(15-17-25)23-12-10-21(18-26)11-13-23/h2-3,6-17,19H,4-5H2,1H3/b3-2+,27-19?. The van der Waals surface area contributed by atoms with Crippen LogP contribution in [0.2, 0.25) is 0 Å². The SMILES string of the molecule is C/C=C/CCc1ccc(C=Nc2ccc(-c3ccc(C#N)cc3)cc2)cc1. The summed E-state index contributed by atoms with van der Waals surface area (Å²) in [5.74, 6) is 0. The number of aliphatic imine (C=N–C) groups is 1. The average molecular weight is 350 g/mol. The second-order valence-corrected chi connectivity index (χ2v) is 6.34. The third-order valence-corrected chi connectivity index (χ3v) is 4.39. The molecular formula is C25H22N2. The molecule has 0 aliphatic heterocycles. The quantitative estimate of drug-likeness (QED) is 0.370. The fraction of sp³-hybridized carbons (Fsp3) is 0.120. The lowest BCUT2D eigenvalue weighted by Gasteiger charge is -2.02. The molecule has 0 N–H and O–H groups in total. The molecule has 3 aromatic rings. The molecular weight excluding hydrogens is 328 g/mol. The first kappa shape index (κ1) is 18.4. The van der Waals surface area contributed by atoms with Gasteiger partial charge in [0.15, 0.2) is 0 Å². The van der Waals surface area contributed by atoms with Gasteiger partial charge in [-0.05, 0) is 66.3 Å². The summed E-state index contributed by atoms with van der Waals surface area (Å²) >= 11 is 0. The van der Waals surface area contributed by atoms with Crippen molar-refractivity contribution in [1.29, 1.82) is 5.26 Å². The van der Waals surface area contributed by atoms with E-state index in [0.29, 0.717) is 5.56 Å². The van der Waals surface area contributed by atoms with Gasteiger partial charge in [-0.3, -0.25) is 4.99 Å². The molecule has 3 aromatic carbocycles. The van der Waals surface area contributed by atoms with Crippen molar-refractivity contribution in [1.82, 2.24) is 0 Å². The third kappa shape index (κ3) is 5.26. The lowest BCUT2D eigenvalue weighted by Crippen LogP contribution is -1.86. The van der Waals surface area contributed by atoms with Gasteiger partial charge in [-0.1, -0.05) is 60.7 Å². The smallest absolute Gasteiger partial charge is 0.0991 e. The Balaban J connectivity index is 1.64. The van der Waals surface area contributed by atoms with E-state index in [1.165, 1.54) is 5.56 Å². The summed E-state index contributed by atoms with van der Waals surface area (Å²) in [5, 5.41) is 8.88. The van der Waals surface area contributed by atoms with Crippen LogP contribution in [0.25, 0.3) is 11.1 Å². The van der Waals surface area contributed by atoms with E-state index in [-0.39, 0.29) is 0 Å². The molecule has 0 aromatic heterocycles. The van der Waals surface area contributed by atoms with Crippen molar-refractivity contribution in [3.05, 3.63) is 102 Å². The molecule has 0 atom stereocenters. The van der Waals surface area contributed by atoms with Gasteiger partial charge in [0.2, 0.25) is 0 Å². The third-order valence-electron chi connectivity index (χ3n) is 4.39. The van der Waals surface area contributed by atoms with Crippen LogP contribution in [-0.4, -0.2) is 6.21 Å². The van der Waals surface area contributed by atoms with E-state index in [1.54, 1.807) is 0 Å². The molecule has 27 heavy (non-hydrogen) atoms. The van der Waals surface area contributed by atoms with Crippen LogP contribution in [0.3, 0.4) is 0 Å². The predicted molar refractivity (Wildman–Crippen MR) is 113 cm³/mol. The molecule has 0 aliphatic rings. The fourth-order valence-electron chi connectivity index (χ4n) is 2.81. The number of allylic oxidation sites excluding steroid dienone is 2. The fourth-order valence-corrected chi connectivity index (χ4v) is 2.81. The topological polar surface area (TPSA) is 36.1 Å². The van der Waals surface area contributed by atoms with Gasteiger partial charge >= 0.3 is 0 Å². The summed E-state index contributed by atoms with van der Waals surface area (Å²) in [4.78, 5) is 4.56. The number of nitrogens with zero attached hydrogens (tertiary/aromatic N) is 2. The van der Waals surface area contributed by atoms with Crippen LogP contribution in [0, 0.1) is 11.3 Å². The second-order valence-electron chi connectivity index (χ2n) is 6.34. The predicted octanol–water partition coefficient (Wildman–Crippen LogP) is 6.48. The molecule has 132 valence electrons. The first-order chi connectivity index (χ1) is 13.3. The molecule has 0 bridgehead atoms. The molecule has 2 heteroatoms. The highest BCUT2D eigenvalue weighted by atomic mass is 14.7. The Hall–Kier alpha value is -3.44. The van der Waals surface area contributed by atoms with Crippen molar-refractivity contribution in [2.75, 3.05) is 0 Å². The Morgan fingerprint density at radius 1 is 0.852 bits per heavy atom. The molecule has 0 fully saturated rings. The molecule has 0 heterocycles. The molecule has 0 saturated heterocycles. The zero-order valence-electron chi connectivity index (χ0n) is 15.5. The number of nitriles is 1. The number of rotatable bonds is 6. The van der Waals surface area contributed by atoms with Crippen LogP contribution >= 0.6 is 0 Å². The number of hydrogen-bond donors (Lipinski definition) is 0. The number of hydrogen-bond acceptors (Lipinski definition) is 2. The summed E-state index contributed by atoms with van der Waals surface area (Å²) in [6.07, 6.45) is 8.32. The number of aryl methyl sites for hydroxylation is 1. The molecule has 0 aliphatic carbocycles. The minimum absolute atomic E-state index is 0.674. The van der Waals surface area contributed by atoms with Gasteiger partial charge in [0, 0.05) is 6.21 Å². The summed E-state index contributed by atoms with van der Waals surface area (Å²) in [7, 11) is 0. The van der Waals surface area contributed by atoms with Crippen LogP contribution in [0.4, 0.5) is 5.69 Å². The molecule has 0 spiro atoms. The van der Waals surface area contributed by atoms with Gasteiger partial charge < -0.3 is 0 Å². The molecule has 2 nitrogen and oxygen atoms in total. The lowest BCUT2D eigenvalue weighted by molar-refractivity contribution is 0.999. The maximum atomic E-state index is 8.88. The first-order valence-corrected chi connectivity index (χ1v) is 9.13. The van der Waals surface area contributed by atoms with Crippen LogP contribution in [0.1, 0.15) is 30.0 Å². The largest absolute Gasteiger partial charge is 0.256 e. The van der Waals surface area contributed by atoms with Crippen molar-refractivity contribution in [3.8, 4) is 17.2 Å². The average Bonchev–Trinajstić information content (AvgIpc) is 2.74. The van der Waals surface area contributed by atoms with Crippen molar-refractivity contribution in [2.24, 2.45) is 4.99 Å². The van der Waals surface area contributed by atoms with Gasteiger partial charge in [-0.25, -0.2) is 0 Å². The Bertz CT molecular complexity index is 955. The maximum absolute atomic E-state index is 8.88. The van der Waals surface area contributed by atoms with Crippen LogP contribution in [-0.2, 0) is 6.42 Å². The lowest BCUT2D eigenvalue weighted by atomic mass is 10.0. The highest BCUT2D eigenvalue weighted by Crippen LogP contribution is 2.23. The van der Waals surface area contributed by atoms with Gasteiger partial charge in [-0.2, -0.15) is 5.26 Å². The van der Waals surface area contributed by atoms with E-state index >= 15 is 0 Å². The Morgan fingerprint density at radius 2 is 1.48 bits per heavy atom. The molecule has 0 saturated carbocycles. The summed E-state index contributed by atoms with van der Waals surface area (Å²) in [5.41, 5.74) is 6.25. The molecule has 0 amide bonds. The normalized spacial score (nSPS) is 11.1. The zero-order chi connectivity index (χ0) is 18.9.